The summed E-state index contributed by atoms with van der Waals surface area (Å²) < 4.78 is 7.30. The molecule has 150 valence electrons. The zero-order valence-electron chi connectivity index (χ0n) is 15.7. The number of carbonyl (C=O) groups excluding carboxylic acids is 1. The number of aromatic nitrogens is 2. The summed E-state index contributed by atoms with van der Waals surface area (Å²) in [7, 11) is 0. The lowest BCUT2D eigenvalue weighted by Gasteiger charge is -2.08. The first-order chi connectivity index (χ1) is 14.5. The topological polar surface area (TPSA) is 94.2 Å². The molecule has 0 fully saturated rings. The van der Waals surface area contributed by atoms with Crippen LogP contribution in [0.15, 0.2) is 85.2 Å². The first kappa shape index (κ1) is 19.8. The van der Waals surface area contributed by atoms with Crippen LogP contribution in [0, 0.1) is 0 Å². The molecule has 0 saturated carbocycles. The minimum atomic E-state index is -0.719. The molecule has 0 aliphatic heterocycles. The molecule has 0 saturated heterocycles. The van der Waals surface area contributed by atoms with Gasteiger partial charge in [-0.15, -0.1) is 0 Å². The zero-order valence-corrected chi connectivity index (χ0v) is 17.3. The van der Waals surface area contributed by atoms with Gasteiger partial charge in [0, 0.05) is 28.0 Å². The highest BCUT2D eigenvalue weighted by molar-refractivity contribution is 9.10. The summed E-state index contributed by atoms with van der Waals surface area (Å²) in [5, 5.41) is 7.62. The molecule has 2 aromatic carbocycles. The summed E-state index contributed by atoms with van der Waals surface area (Å²) in [4.78, 5) is 36.7. The average Bonchev–Trinajstić information content (AvgIpc) is 2.75. The first-order valence-corrected chi connectivity index (χ1v) is 9.96. The Bertz CT molecular complexity index is 1350. The summed E-state index contributed by atoms with van der Waals surface area (Å²) in [6, 6.07) is 19.2. The van der Waals surface area contributed by atoms with E-state index in [0.717, 1.165) is 10.0 Å². The second-order valence-electron chi connectivity index (χ2n) is 6.53. The summed E-state index contributed by atoms with van der Waals surface area (Å²) in [6.07, 6.45) is 0. The van der Waals surface area contributed by atoms with Gasteiger partial charge in [-0.05, 0) is 30.3 Å². The number of halogens is 1. The van der Waals surface area contributed by atoms with Crippen molar-refractivity contribution in [1.82, 2.24) is 15.1 Å². The largest absolute Gasteiger partial charge is 0.422 e. The van der Waals surface area contributed by atoms with Gasteiger partial charge in [-0.2, -0.15) is 5.10 Å². The molecule has 0 radical (unpaired) electrons. The van der Waals surface area contributed by atoms with E-state index >= 15 is 0 Å². The van der Waals surface area contributed by atoms with Crippen LogP contribution in [0.1, 0.15) is 10.4 Å². The summed E-state index contributed by atoms with van der Waals surface area (Å²) in [5.74, 6) is -0.571. The molecule has 0 unspecified atom stereocenters. The van der Waals surface area contributed by atoms with Crippen LogP contribution in [0.2, 0.25) is 0 Å². The quantitative estimate of drug-likeness (QED) is 0.456. The van der Waals surface area contributed by atoms with Crippen LogP contribution in [0.3, 0.4) is 0 Å². The van der Waals surface area contributed by atoms with E-state index in [1.165, 1.54) is 16.8 Å². The first-order valence-electron chi connectivity index (χ1n) is 9.16. The Kier molecular flexibility index (Phi) is 5.58. The molecule has 0 spiro atoms. The van der Waals surface area contributed by atoms with E-state index in [4.69, 9.17) is 4.42 Å². The van der Waals surface area contributed by atoms with E-state index in [1.54, 1.807) is 24.3 Å². The monoisotopic (exact) mass is 465 g/mol. The third kappa shape index (κ3) is 4.23. The van der Waals surface area contributed by atoms with Crippen molar-refractivity contribution in [2.75, 3.05) is 6.54 Å². The summed E-state index contributed by atoms with van der Waals surface area (Å²) in [5.41, 5.74) is 0.840. The lowest BCUT2D eigenvalue weighted by Crippen LogP contribution is -2.33. The fourth-order valence-corrected chi connectivity index (χ4v) is 3.37. The minimum absolute atomic E-state index is 0.0982. The van der Waals surface area contributed by atoms with Crippen molar-refractivity contribution >= 4 is 32.8 Å². The summed E-state index contributed by atoms with van der Waals surface area (Å²) >= 11 is 3.35. The van der Waals surface area contributed by atoms with Crippen LogP contribution < -0.4 is 16.5 Å². The fraction of sp³-hybridized carbons (Fsp3) is 0.0909. The highest BCUT2D eigenvalue weighted by atomic mass is 79.9. The molecule has 0 aliphatic carbocycles. The highest BCUT2D eigenvalue weighted by Gasteiger charge is 2.14. The van der Waals surface area contributed by atoms with Gasteiger partial charge < -0.3 is 9.73 Å². The number of hydrogen-bond acceptors (Lipinski definition) is 5. The van der Waals surface area contributed by atoms with E-state index in [9.17, 15) is 14.4 Å². The van der Waals surface area contributed by atoms with Gasteiger partial charge in [0.25, 0.3) is 11.5 Å². The Morgan fingerprint density at radius 1 is 1.03 bits per heavy atom. The van der Waals surface area contributed by atoms with Crippen LogP contribution in [0.4, 0.5) is 0 Å². The molecular weight excluding hydrogens is 450 g/mol. The fourth-order valence-electron chi connectivity index (χ4n) is 3.00. The van der Waals surface area contributed by atoms with Crippen molar-refractivity contribution in [3.63, 3.8) is 0 Å². The second kappa shape index (κ2) is 8.46. The number of nitrogens with zero attached hydrogens (tertiary/aromatic N) is 2. The van der Waals surface area contributed by atoms with Gasteiger partial charge in [0.15, 0.2) is 0 Å². The Balaban J connectivity index is 1.49. The number of amides is 1. The molecular formula is C22H16BrN3O4. The molecule has 4 aromatic rings. The number of nitrogens with one attached hydrogen (secondary N) is 1. The van der Waals surface area contributed by atoms with Gasteiger partial charge in [-0.3, -0.25) is 9.59 Å². The standard InChI is InChI=1S/C22H16BrN3O4/c23-16-6-8-19-15(12-16)13-17(22(29)30-19)21(28)24-10-11-26-20(27)9-7-18(25-26)14-4-2-1-3-5-14/h1-9,12-13H,10-11H2,(H,24,28). The predicted octanol–water partition coefficient (Wildman–Crippen LogP) is 3.21. The van der Waals surface area contributed by atoms with Gasteiger partial charge in [-0.25, -0.2) is 9.48 Å². The number of benzene rings is 2. The van der Waals surface area contributed by atoms with Gasteiger partial charge in [0.1, 0.15) is 11.1 Å². The number of rotatable bonds is 5. The van der Waals surface area contributed by atoms with Crippen molar-refractivity contribution in [2.45, 2.75) is 6.54 Å². The Morgan fingerprint density at radius 3 is 2.63 bits per heavy atom. The van der Waals surface area contributed by atoms with E-state index in [1.807, 2.05) is 30.3 Å². The van der Waals surface area contributed by atoms with Crippen LogP contribution in [-0.4, -0.2) is 22.2 Å². The molecule has 0 bridgehead atoms. The smallest absolute Gasteiger partial charge is 0.349 e. The van der Waals surface area contributed by atoms with Crippen LogP contribution in [0.25, 0.3) is 22.2 Å². The third-order valence-electron chi connectivity index (χ3n) is 4.48. The highest BCUT2D eigenvalue weighted by Crippen LogP contribution is 2.19. The maximum Gasteiger partial charge on any atom is 0.349 e. The summed E-state index contributed by atoms with van der Waals surface area (Å²) in [6.45, 7) is 0.287. The van der Waals surface area contributed by atoms with Crippen LogP contribution in [-0.2, 0) is 6.54 Å². The second-order valence-corrected chi connectivity index (χ2v) is 7.45. The van der Waals surface area contributed by atoms with Crippen molar-refractivity contribution in [1.29, 1.82) is 0 Å². The van der Waals surface area contributed by atoms with Crippen LogP contribution >= 0.6 is 15.9 Å². The minimum Gasteiger partial charge on any atom is -0.422 e. The average molecular weight is 466 g/mol. The SMILES string of the molecule is O=C(NCCn1nc(-c2ccccc2)ccc1=O)c1cc2cc(Br)ccc2oc1=O. The van der Waals surface area contributed by atoms with Crippen molar-refractivity contribution in [3.8, 4) is 11.3 Å². The zero-order chi connectivity index (χ0) is 21.1. The maximum atomic E-state index is 12.5. The van der Waals surface area contributed by atoms with Crippen molar-refractivity contribution in [2.24, 2.45) is 0 Å². The van der Waals surface area contributed by atoms with Gasteiger partial charge >= 0.3 is 5.63 Å². The van der Waals surface area contributed by atoms with Gasteiger partial charge in [0.05, 0.1) is 12.2 Å². The maximum absolute atomic E-state index is 12.5. The van der Waals surface area contributed by atoms with E-state index in [-0.39, 0.29) is 24.2 Å². The van der Waals surface area contributed by atoms with Gasteiger partial charge in [-0.1, -0.05) is 46.3 Å². The Hall–Kier alpha value is -3.52. The van der Waals surface area contributed by atoms with Crippen molar-refractivity contribution in [3.05, 3.63) is 97.5 Å². The molecule has 2 aromatic heterocycles. The lowest BCUT2D eigenvalue weighted by atomic mass is 10.1. The van der Waals surface area contributed by atoms with Crippen LogP contribution in [0.5, 0.6) is 0 Å². The number of fused-ring (bicyclic) bond motifs is 1. The van der Waals surface area contributed by atoms with E-state index in [0.29, 0.717) is 16.7 Å². The van der Waals surface area contributed by atoms with E-state index in [2.05, 4.69) is 26.3 Å². The molecule has 30 heavy (non-hydrogen) atoms. The lowest BCUT2D eigenvalue weighted by molar-refractivity contribution is 0.0948. The molecule has 7 nitrogen and oxygen atoms in total. The van der Waals surface area contributed by atoms with Crippen molar-refractivity contribution < 1.29 is 9.21 Å². The number of hydrogen-bond donors (Lipinski definition) is 1. The Morgan fingerprint density at radius 2 is 1.83 bits per heavy atom. The van der Waals surface area contributed by atoms with Gasteiger partial charge in [0.2, 0.25) is 0 Å². The molecule has 0 atom stereocenters. The molecule has 2 heterocycles. The number of carbonyl (C=O) groups is 1. The molecule has 1 amide bonds. The normalized spacial score (nSPS) is 10.8. The molecule has 1 N–H and O–H groups in total. The molecule has 0 aliphatic rings. The molecule has 4 rings (SSSR count). The van der Waals surface area contributed by atoms with E-state index < -0.39 is 11.5 Å². The predicted molar refractivity (Wildman–Crippen MR) is 116 cm³/mol. The third-order valence-corrected chi connectivity index (χ3v) is 4.98. The molecule has 8 heteroatoms. The Labute approximate surface area is 179 Å².